The molecule has 0 aliphatic heterocycles. The van der Waals surface area contributed by atoms with Gasteiger partial charge in [-0.1, -0.05) is 12.8 Å². The van der Waals surface area contributed by atoms with Gasteiger partial charge in [-0.2, -0.15) is 0 Å². The van der Waals surface area contributed by atoms with Crippen molar-refractivity contribution < 1.29 is 61.6 Å². The first-order valence-electron chi connectivity index (χ1n) is 8.71. The monoisotopic (exact) mass is 384 g/mol. The molecule has 0 aromatic carbocycles. The Morgan fingerprint density at radius 3 is 1.76 bits per heavy atom. The van der Waals surface area contributed by atoms with Gasteiger partial charge in [-0.05, 0) is 51.4 Å². The van der Waals surface area contributed by atoms with Crippen LogP contribution in [0.5, 0.6) is 0 Å². The molecular formula is C16H25NaO7S. The predicted octanol–water partition coefficient (Wildman–Crippen LogP) is -0.954. The molecular weight excluding hydrogens is 359 g/mol. The quantitative estimate of drug-likeness (QED) is 0.330. The van der Waals surface area contributed by atoms with E-state index in [1.165, 1.54) is 0 Å². The maximum atomic E-state index is 12.1. The van der Waals surface area contributed by atoms with Gasteiger partial charge in [-0.25, -0.2) is 8.42 Å². The number of carbonyl (C=O) groups is 2. The molecule has 0 radical (unpaired) electrons. The minimum atomic E-state index is -4.98. The Labute approximate surface area is 171 Å². The van der Waals surface area contributed by atoms with Crippen LogP contribution in [0.4, 0.5) is 0 Å². The van der Waals surface area contributed by atoms with Crippen molar-refractivity contribution in [2.24, 2.45) is 0 Å². The largest absolute Gasteiger partial charge is 1.00 e. The molecule has 0 saturated heterocycles. The molecule has 2 aliphatic carbocycles. The molecule has 0 bridgehead atoms. The molecule has 0 aromatic heterocycles. The van der Waals surface area contributed by atoms with Gasteiger partial charge in [-0.15, -0.1) is 0 Å². The van der Waals surface area contributed by atoms with Gasteiger partial charge in [0.2, 0.25) is 0 Å². The molecule has 2 aliphatic rings. The van der Waals surface area contributed by atoms with E-state index in [1.807, 2.05) is 0 Å². The van der Waals surface area contributed by atoms with Gasteiger partial charge in [0.1, 0.15) is 22.3 Å². The van der Waals surface area contributed by atoms with Gasteiger partial charge in [-0.3, -0.25) is 9.59 Å². The van der Waals surface area contributed by atoms with E-state index in [2.05, 4.69) is 0 Å². The molecule has 138 valence electrons. The maximum absolute atomic E-state index is 12.1. The van der Waals surface area contributed by atoms with Crippen LogP contribution in [-0.2, 0) is 29.2 Å². The maximum Gasteiger partial charge on any atom is 1.00 e. The molecule has 2 fully saturated rings. The zero-order valence-corrected chi connectivity index (χ0v) is 17.6. The third-order valence-electron chi connectivity index (χ3n) is 4.65. The summed E-state index contributed by atoms with van der Waals surface area (Å²) in [7, 11) is -4.98. The Kier molecular flexibility index (Phi) is 9.95. The van der Waals surface area contributed by atoms with Crippen molar-refractivity contribution in [1.29, 1.82) is 0 Å². The average molecular weight is 384 g/mol. The molecule has 7 nitrogen and oxygen atoms in total. The number of ether oxygens (including phenoxy) is 2. The summed E-state index contributed by atoms with van der Waals surface area (Å²) in [5, 5.41) is -2.02. The summed E-state index contributed by atoms with van der Waals surface area (Å²) in [5.74, 6) is -1.95. The van der Waals surface area contributed by atoms with Crippen molar-refractivity contribution in [2.75, 3.05) is 0 Å². The third kappa shape index (κ3) is 7.95. The molecule has 9 heteroatoms. The van der Waals surface area contributed by atoms with Crippen LogP contribution in [0.3, 0.4) is 0 Å². The molecule has 2 saturated carbocycles. The number of carbonyl (C=O) groups excluding carboxylic acids is 2. The Morgan fingerprint density at radius 1 is 0.880 bits per heavy atom. The van der Waals surface area contributed by atoms with E-state index in [0.29, 0.717) is 12.8 Å². The van der Waals surface area contributed by atoms with E-state index in [9.17, 15) is 22.6 Å². The van der Waals surface area contributed by atoms with Gasteiger partial charge in [0.15, 0.2) is 5.25 Å². The van der Waals surface area contributed by atoms with Crippen LogP contribution in [0.1, 0.15) is 70.6 Å². The Balaban J connectivity index is 0.00000312. The van der Waals surface area contributed by atoms with Crippen LogP contribution in [0, 0.1) is 0 Å². The van der Waals surface area contributed by atoms with Crippen LogP contribution in [-0.4, -0.2) is 42.4 Å². The second-order valence-electron chi connectivity index (χ2n) is 6.63. The van der Waals surface area contributed by atoms with E-state index in [4.69, 9.17) is 9.47 Å². The summed E-state index contributed by atoms with van der Waals surface area (Å²) in [6, 6.07) is 0. The number of rotatable bonds is 6. The first kappa shape index (κ1) is 22.9. The minimum Gasteiger partial charge on any atom is -0.747 e. The second-order valence-corrected chi connectivity index (χ2v) is 8.19. The molecule has 2 rings (SSSR count). The summed E-state index contributed by atoms with van der Waals surface area (Å²) in [4.78, 5) is 24.0. The summed E-state index contributed by atoms with van der Waals surface area (Å²) >= 11 is 0. The Bertz CT molecular complexity index is 537. The van der Waals surface area contributed by atoms with E-state index in [1.54, 1.807) is 0 Å². The van der Waals surface area contributed by atoms with Gasteiger partial charge in [0.05, 0.1) is 6.42 Å². The zero-order valence-electron chi connectivity index (χ0n) is 14.8. The summed E-state index contributed by atoms with van der Waals surface area (Å²) in [6.45, 7) is 0. The summed E-state index contributed by atoms with van der Waals surface area (Å²) < 4.78 is 44.5. The summed E-state index contributed by atoms with van der Waals surface area (Å²) in [5.41, 5.74) is 0. The predicted molar refractivity (Wildman–Crippen MR) is 84.0 cm³/mol. The summed E-state index contributed by atoms with van der Waals surface area (Å²) in [6.07, 6.45) is 7.20. The molecule has 0 heterocycles. The van der Waals surface area contributed by atoms with Crippen LogP contribution >= 0.6 is 0 Å². The first-order chi connectivity index (χ1) is 11.4. The van der Waals surface area contributed by atoms with Crippen molar-refractivity contribution >= 4 is 22.1 Å². The van der Waals surface area contributed by atoms with E-state index in [0.717, 1.165) is 51.4 Å². The van der Waals surface area contributed by atoms with E-state index < -0.39 is 33.7 Å². The third-order valence-corrected chi connectivity index (χ3v) is 5.70. The molecule has 1 atom stereocenters. The van der Waals surface area contributed by atoms with Crippen molar-refractivity contribution in [2.45, 2.75) is 88.1 Å². The van der Waals surface area contributed by atoms with Crippen LogP contribution in [0.25, 0.3) is 0 Å². The fraction of sp³-hybridized carbons (Fsp3) is 0.875. The van der Waals surface area contributed by atoms with Crippen molar-refractivity contribution in [3.8, 4) is 0 Å². The van der Waals surface area contributed by atoms with Crippen molar-refractivity contribution in [3.05, 3.63) is 0 Å². The minimum absolute atomic E-state index is 0. The van der Waals surface area contributed by atoms with E-state index in [-0.39, 0.29) is 41.8 Å². The Hall–Kier alpha value is -0.150. The average Bonchev–Trinajstić information content (AvgIpc) is 2.53. The molecule has 0 amide bonds. The van der Waals surface area contributed by atoms with Gasteiger partial charge < -0.3 is 14.0 Å². The van der Waals surface area contributed by atoms with Crippen LogP contribution in [0.15, 0.2) is 0 Å². The number of hydrogen-bond acceptors (Lipinski definition) is 7. The van der Waals surface area contributed by atoms with Gasteiger partial charge >= 0.3 is 41.5 Å². The molecule has 0 spiro atoms. The molecule has 25 heavy (non-hydrogen) atoms. The van der Waals surface area contributed by atoms with Crippen LogP contribution in [0.2, 0.25) is 0 Å². The normalized spacial score (nSPS) is 21.0. The number of esters is 2. The standard InChI is InChI=1S/C16H26O7S.Na/c17-15(22-12-7-3-1-4-8-12)11-14(24(19,20)21)16(18)23-13-9-5-2-6-10-13;/h12-14H,1-11H2,(H,19,20,21);/q;+1/p-1. The fourth-order valence-corrected chi connectivity index (χ4v) is 3.93. The number of hydrogen-bond donors (Lipinski definition) is 0. The zero-order chi connectivity index (χ0) is 17.6. The molecule has 0 N–H and O–H groups in total. The molecule has 1 unspecified atom stereocenters. The second kappa shape index (κ2) is 10.9. The first-order valence-corrected chi connectivity index (χ1v) is 10.2. The van der Waals surface area contributed by atoms with E-state index >= 15 is 0 Å². The van der Waals surface area contributed by atoms with Gasteiger partial charge in [0.25, 0.3) is 0 Å². The van der Waals surface area contributed by atoms with Gasteiger partial charge in [0, 0.05) is 0 Å². The van der Waals surface area contributed by atoms with Crippen molar-refractivity contribution in [1.82, 2.24) is 0 Å². The topological polar surface area (TPSA) is 110 Å². The fourth-order valence-electron chi connectivity index (χ4n) is 3.29. The van der Waals surface area contributed by atoms with Crippen LogP contribution < -0.4 is 29.6 Å². The SMILES string of the molecule is O=C(CC(C(=O)OC1CCCCC1)S(=O)(=O)[O-])OC1CCCCC1.[Na+]. The Morgan fingerprint density at radius 2 is 1.32 bits per heavy atom. The molecule has 0 aromatic rings. The van der Waals surface area contributed by atoms with Crippen molar-refractivity contribution in [3.63, 3.8) is 0 Å². The smallest absolute Gasteiger partial charge is 0.747 e.